The summed E-state index contributed by atoms with van der Waals surface area (Å²) in [6.07, 6.45) is 5.78. The summed E-state index contributed by atoms with van der Waals surface area (Å²) < 4.78 is 10.7. The van der Waals surface area contributed by atoms with Crippen LogP contribution in [0.1, 0.15) is 34.3 Å². The van der Waals surface area contributed by atoms with Crippen molar-refractivity contribution in [3.63, 3.8) is 0 Å². The topological polar surface area (TPSA) is 38.8 Å². The summed E-state index contributed by atoms with van der Waals surface area (Å²) in [6.45, 7) is 0. The van der Waals surface area contributed by atoms with Gasteiger partial charge in [0, 0.05) is 19.0 Å². The fourth-order valence-corrected chi connectivity index (χ4v) is 4.34. The summed E-state index contributed by atoms with van der Waals surface area (Å²) in [5, 5.41) is 0. The van der Waals surface area contributed by atoms with Crippen LogP contribution < -0.4 is 4.74 Å². The van der Waals surface area contributed by atoms with E-state index in [1.807, 2.05) is 48.4 Å². The Kier molecular flexibility index (Phi) is 4.27. The van der Waals surface area contributed by atoms with Gasteiger partial charge in [-0.3, -0.25) is 4.79 Å². The van der Waals surface area contributed by atoms with Crippen LogP contribution in [0.5, 0.6) is 5.75 Å². The summed E-state index contributed by atoms with van der Waals surface area (Å²) in [7, 11) is 5.25. The van der Waals surface area contributed by atoms with Crippen molar-refractivity contribution in [3.8, 4) is 5.75 Å². The molecule has 2 aromatic carbocycles. The molecule has 4 rings (SSSR count). The summed E-state index contributed by atoms with van der Waals surface area (Å²) in [6, 6.07) is 15.9. The molecule has 0 aromatic heterocycles. The molecule has 0 spiro atoms. The largest absolute Gasteiger partial charge is 0.501 e. The third-order valence-electron chi connectivity index (χ3n) is 5.70. The molecular formula is C23H23NO3. The standard InChI is InChI=1S/C23H23NO3/c1-24-22(25)20-6-4-5-7-21(20)23(24,16-8-12-18(26-2)13-9-16)17-10-14-19(27-3)15-11-17/h4-10,12-14H,11,15H2,1-3H3. The van der Waals surface area contributed by atoms with E-state index in [1.54, 1.807) is 14.2 Å². The third-order valence-corrected chi connectivity index (χ3v) is 5.70. The Hall–Kier alpha value is -3.01. The van der Waals surface area contributed by atoms with Crippen LogP contribution in [-0.4, -0.2) is 32.1 Å². The number of carbonyl (C=O) groups excluding carboxylic acids is 1. The van der Waals surface area contributed by atoms with Crippen molar-refractivity contribution in [1.82, 2.24) is 4.90 Å². The van der Waals surface area contributed by atoms with Gasteiger partial charge in [0.25, 0.3) is 5.91 Å². The first-order chi connectivity index (χ1) is 13.1. The lowest BCUT2D eigenvalue weighted by atomic mass is 9.74. The Morgan fingerprint density at radius 2 is 1.67 bits per heavy atom. The number of methoxy groups -OCH3 is 2. The van der Waals surface area contributed by atoms with Gasteiger partial charge in [-0.25, -0.2) is 0 Å². The Bertz CT molecular complexity index is 942. The van der Waals surface area contributed by atoms with Crippen LogP contribution in [0.4, 0.5) is 0 Å². The summed E-state index contributed by atoms with van der Waals surface area (Å²) in [5.74, 6) is 1.81. The van der Waals surface area contributed by atoms with Crippen LogP contribution in [0.25, 0.3) is 0 Å². The van der Waals surface area contributed by atoms with Crippen molar-refractivity contribution in [2.24, 2.45) is 0 Å². The summed E-state index contributed by atoms with van der Waals surface area (Å²) in [4.78, 5) is 15.0. The molecule has 27 heavy (non-hydrogen) atoms. The molecule has 1 atom stereocenters. The van der Waals surface area contributed by atoms with Crippen LogP contribution in [-0.2, 0) is 10.3 Å². The monoisotopic (exact) mass is 361 g/mol. The van der Waals surface area contributed by atoms with Gasteiger partial charge in [-0.05, 0) is 47.4 Å². The molecule has 0 bridgehead atoms. The minimum Gasteiger partial charge on any atom is -0.501 e. The fraction of sp³-hybridized carbons (Fsp3) is 0.261. The van der Waals surface area contributed by atoms with Crippen LogP contribution >= 0.6 is 0 Å². The number of amides is 1. The third kappa shape index (κ3) is 2.47. The lowest BCUT2D eigenvalue weighted by Crippen LogP contribution is -2.44. The first kappa shape index (κ1) is 17.4. The lowest BCUT2D eigenvalue weighted by molar-refractivity contribution is 0.0728. The number of nitrogens with zero attached hydrogens (tertiary/aromatic N) is 1. The molecule has 4 heteroatoms. The Balaban J connectivity index is 1.98. The van der Waals surface area contributed by atoms with E-state index in [-0.39, 0.29) is 5.91 Å². The number of allylic oxidation sites excluding steroid dienone is 3. The van der Waals surface area contributed by atoms with E-state index in [1.165, 1.54) is 5.57 Å². The molecule has 1 amide bonds. The number of likely N-dealkylation sites (N-methyl/N-ethyl adjacent to an activating group) is 1. The van der Waals surface area contributed by atoms with Crippen LogP contribution in [0.15, 0.2) is 72.0 Å². The van der Waals surface area contributed by atoms with E-state index >= 15 is 0 Å². The molecule has 138 valence electrons. The average molecular weight is 361 g/mol. The quantitative estimate of drug-likeness (QED) is 0.816. The second-order valence-electron chi connectivity index (χ2n) is 6.88. The van der Waals surface area contributed by atoms with E-state index < -0.39 is 5.54 Å². The maximum Gasteiger partial charge on any atom is 0.255 e. The number of carbonyl (C=O) groups is 1. The fourth-order valence-electron chi connectivity index (χ4n) is 4.34. The highest BCUT2D eigenvalue weighted by atomic mass is 16.5. The zero-order valence-corrected chi connectivity index (χ0v) is 15.9. The molecule has 1 heterocycles. The zero-order chi connectivity index (χ0) is 19.0. The summed E-state index contributed by atoms with van der Waals surface area (Å²) in [5.41, 5.74) is 3.43. The molecule has 1 aliphatic heterocycles. The second-order valence-corrected chi connectivity index (χ2v) is 6.88. The minimum absolute atomic E-state index is 0.0452. The summed E-state index contributed by atoms with van der Waals surface area (Å²) >= 11 is 0. The van der Waals surface area contributed by atoms with Crippen molar-refractivity contribution < 1.29 is 14.3 Å². The van der Waals surface area contributed by atoms with E-state index in [2.05, 4.69) is 24.3 Å². The average Bonchev–Trinajstić information content (AvgIpc) is 2.96. The number of hydrogen-bond acceptors (Lipinski definition) is 3. The molecule has 2 aromatic rings. The molecule has 0 saturated heterocycles. The van der Waals surface area contributed by atoms with Gasteiger partial charge >= 0.3 is 0 Å². The molecule has 0 saturated carbocycles. The van der Waals surface area contributed by atoms with Crippen molar-refractivity contribution in [2.45, 2.75) is 18.4 Å². The number of ether oxygens (including phenoxy) is 2. The second kappa shape index (κ2) is 6.62. The zero-order valence-electron chi connectivity index (χ0n) is 15.9. The van der Waals surface area contributed by atoms with E-state index in [0.29, 0.717) is 0 Å². The smallest absolute Gasteiger partial charge is 0.255 e. The molecule has 0 radical (unpaired) electrons. The highest BCUT2D eigenvalue weighted by Crippen LogP contribution is 2.50. The Labute approximate surface area is 159 Å². The van der Waals surface area contributed by atoms with E-state index in [9.17, 15) is 4.79 Å². The number of fused-ring (bicyclic) bond motifs is 1. The molecule has 4 nitrogen and oxygen atoms in total. The molecule has 1 aliphatic carbocycles. The molecule has 2 aliphatic rings. The Morgan fingerprint density at radius 3 is 2.30 bits per heavy atom. The first-order valence-electron chi connectivity index (χ1n) is 9.09. The maximum atomic E-state index is 13.1. The van der Waals surface area contributed by atoms with Crippen LogP contribution in [0, 0.1) is 0 Å². The lowest BCUT2D eigenvalue weighted by Gasteiger charge is -2.41. The molecule has 0 fully saturated rings. The van der Waals surface area contributed by atoms with Crippen molar-refractivity contribution in [2.75, 3.05) is 21.3 Å². The van der Waals surface area contributed by atoms with Crippen LogP contribution in [0.2, 0.25) is 0 Å². The Morgan fingerprint density at radius 1 is 0.926 bits per heavy atom. The normalized spacial score (nSPS) is 21.4. The van der Waals surface area contributed by atoms with Gasteiger partial charge in [0.1, 0.15) is 11.3 Å². The minimum atomic E-state index is -0.615. The van der Waals surface area contributed by atoms with E-state index in [4.69, 9.17) is 9.47 Å². The van der Waals surface area contributed by atoms with Gasteiger partial charge in [-0.15, -0.1) is 0 Å². The van der Waals surface area contributed by atoms with Gasteiger partial charge in [-0.1, -0.05) is 36.4 Å². The molecule has 0 N–H and O–H groups in total. The van der Waals surface area contributed by atoms with Crippen molar-refractivity contribution in [1.29, 1.82) is 0 Å². The number of rotatable bonds is 4. The molecule has 1 unspecified atom stereocenters. The SMILES string of the molecule is COC1=CC=C(C2(c3ccc(OC)cc3)c3ccccc3C(=O)N2C)CC1. The van der Waals surface area contributed by atoms with Crippen molar-refractivity contribution in [3.05, 3.63) is 88.7 Å². The van der Waals surface area contributed by atoms with Gasteiger partial charge in [0.2, 0.25) is 0 Å². The highest BCUT2D eigenvalue weighted by Gasteiger charge is 2.51. The van der Waals surface area contributed by atoms with Gasteiger partial charge in [0.15, 0.2) is 0 Å². The van der Waals surface area contributed by atoms with Gasteiger partial charge in [0.05, 0.1) is 20.0 Å². The van der Waals surface area contributed by atoms with Gasteiger partial charge in [-0.2, -0.15) is 0 Å². The number of hydrogen-bond donors (Lipinski definition) is 0. The molecular weight excluding hydrogens is 338 g/mol. The van der Waals surface area contributed by atoms with E-state index in [0.717, 1.165) is 41.0 Å². The van der Waals surface area contributed by atoms with Crippen LogP contribution in [0.3, 0.4) is 0 Å². The predicted octanol–water partition coefficient (Wildman–Crippen LogP) is 4.27. The highest BCUT2D eigenvalue weighted by molar-refractivity contribution is 6.01. The van der Waals surface area contributed by atoms with Crippen molar-refractivity contribution >= 4 is 5.91 Å². The maximum absolute atomic E-state index is 13.1. The number of benzene rings is 2. The van der Waals surface area contributed by atoms with Gasteiger partial charge < -0.3 is 14.4 Å². The predicted molar refractivity (Wildman–Crippen MR) is 105 cm³/mol. The first-order valence-corrected chi connectivity index (χ1v) is 9.09.